The Kier molecular flexibility index (Phi) is 4.38. The molecule has 4 heteroatoms. The van der Waals surface area contributed by atoms with Crippen molar-refractivity contribution < 1.29 is 9.18 Å². The molecule has 116 valence electrons. The smallest absolute Gasteiger partial charge is 0.241 e. The van der Waals surface area contributed by atoms with Crippen LogP contribution in [0.2, 0.25) is 0 Å². The van der Waals surface area contributed by atoms with Crippen LogP contribution in [-0.2, 0) is 4.79 Å². The summed E-state index contributed by atoms with van der Waals surface area (Å²) in [6.07, 6.45) is -0.250. The molecule has 0 bridgehead atoms. The van der Waals surface area contributed by atoms with Gasteiger partial charge in [-0.3, -0.25) is 10.1 Å². The summed E-state index contributed by atoms with van der Waals surface area (Å²) in [6, 6.07) is 6.28. The fourth-order valence-electron chi connectivity index (χ4n) is 2.75. The van der Waals surface area contributed by atoms with E-state index < -0.39 is 0 Å². The molecule has 0 radical (unpaired) electrons. The van der Waals surface area contributed by atoms with Gasteiger partial charge in [0, 0.05) is 6.54 Å². The Morgan fingerprint density at radius 1 is 1.33 bits per heavy atom. The summed E-state index contributed by atoms with van der Waals surface area (Å²) in [5.74, 6) is 0.0400. The van der Waals surface area contributed by atoms with E-state index in [4.69, 9.17) is 0 Å². The minimum absolute atomic E-state index is 0.00517. The van der Waals surface area contributed by atoms with Crippen molar-refractivity contribution in [2.24, 2.45) is 11.3 Å². The maximum atomic E-state index is 13.5. The van der Waals surface area contributed by atoms with Gasteiger partial charge in [0.05, 0.1) is 6.04 Å². The summed E-state index contributed by atoms with van der Waals surface area (Å²) in [5, 5.41) is 3.37. The number of benzene rings is 1. The van der Waals surface area contributed by atoms with Gasteiger partial charge in [-0.05, 0) is 29.0 Å². The Hall–Kier alpha value is -1.42. The number of amides is 1. The van der Waals surface area contributed by atoms with Crippen LogP contribution in [0.15, 0.2) is 24.3 Å². The monoisotopic (exact) mass is 292 g/mol. The zero-order valence-electron chi connectivity index (χ0n) is 13.5. The lowest BCUT2D eigenvalue weighted by Gasteiger charge is -2.31. The summed E-state index contributed by atoms with van der Waals surface area (Å²) in [7, 11) is 0. The van der Waals surface area contributed by atoms with Gasteiger partial charge in [-0.2, -0.15) is 0 Å². The third kappa shape index (κ3) is 3.62. The van der Waals surface area contributed by atoms with E-state index in [1.165, 1.54) is 12.1 Å². The molecule has 0 saturated carbocycles. The van der Waals surface area contributed by atoms with Crippen molar-refractivity contribution in [2.75, 3.05) is 6.54 Å². The third-order valence-corrected chi connectivity index (χ3v) is 3.67. The minimum atomic E-state index is -0.273. The molecule has 0 aliphatic carbocycles. The van der Waals surface area contributed by atoms with Crippen LogP contribution in [0.25, 0.3) is 0 Å². The number of nitrogens with zero attached hydrogens (tertiary/aromatic N) is 1. The lowest BCUT2D eigenvalue weighted by atomic mass is 9.95. The second-order valence-corrected chi connectivity index (χ2v) is 7.37. The first-order valence-corrected chi connectivity index (χ1v) is 7.51. The largest absolute Gasteiger partial charge is 0.321 e. The van der Waals surface area contributed by atoms with E-state index in [1.807, 2.05) is 24.8 Å². The molecule has 1 aliphatic rings. The summed E-state index contributed by atoms with van der Waals surface area (Å²) < 4.78 is 13.5. The van der Waals surface area contributed by atoms with Gasteiger partial charge in [-0.15, -0.1) is 0 Å². The summed E-state index contributed by atoms with van der Waals surface area (Å²) in [4.78, 5) is 14.5. The van der Waals surface area contributed by atoms with Gasteiger partial charge >= 0.3 is 0 Å². The van der Waals surface area contributed by atoms with Gasteiger partial charge in [-0.1, -0.05) is 46.8 Å². The van der Waals surface area contributed by atoms with Gasteiger partial charge in [0.25, 0.3) is 0 Å². The second kappa shape index (κ2) is 5.76. The van der Waals surface area contributed by atoms with Crippen LogP contribution in [0, 0.1) is 17.2 Å². The number of carbonyl (C=O) groups is 1. The van der Waals surface area contributed by atoms with E-state index in [0.29, 0.717) is 6.54 Å². The summed E-state index contributed by atoms with van der Waals surface area (Å²) in [5.41, 5.74) is 0.796. The van der Waals surface area contributed by atoms with Gasteiger partial charge in [0.2, 0.25) is 5.91 Å². The van der Waals surface area contributed by atoms with E-state index in [2.05, 4.69) is 26.1 Å². The van der Waals surface area contributed by atoms with E-state index in [-0.39, 0.29) is 35.3 Å². The van der Waals surface area contributed by atoms with Crippen LogP contribution < -0.4 is 5.32 Å². The van der Waals surface area contributed by atoms with Gasteiger partial charge in [0.1, 0.15) is 12.0 Å². The highest BCUT2D eigenvalue weighted by Crippen LogP contribution is 2.31. The Labute approximate surface area is 126 Å². The number of hydrogen-bond donors (Lipinski definition) is 1. The van der Waals surface area contributed by atoms with Crippen molar-refractivity contribution in [2.45, 2.75) is 46.8 Å². The second-order valence-electron chi connectivity index (χ2n) is 7.37. The van der Waals surface area contributed by atoms with Gasteiger partial charge in [0.15, 0.2) is 0 Å². The average molecular weight is 292 g/mol. The average Bonchev–Trinajstić information content (AvgIpc) is 2.65. The first-order chi connectivity index (χ1) is 9.69. The molecule has 1 aliphatic heterocycles. The van der Waals surface area contributed by atoms with E-state index in [9.17, 15) is 9.18 Å². The molecule has 1 amide bonds. The molecule has 1 N–H and O–H groups in total. The number of halogens is 1. The summed E-state index contributed by atoms with van der Waals surface area (Å²) >= 11 is 0. The fraction of sp³-hybridized carbons (Fsp3) is 0.588. The van der Waals surface area contributed by atoms with Crippen molar-refractivity contribution in [1.29, 1.82) is 0 Å². The Morgan fingerprint density at radius 2 is 2.00 bits per heavy atom. The Balaban J connectivity index is 2.34. The van der Waals surface area contributed by atoms with E-state index in [0.717, 1.165) is 5.56 Å². The van der Waals surface area contributed by atoms with Gasteiger partial charge in [-0.25, -0.2) is 4.39 Å². The lowest BCUT2D eigenvalue weighted by Crippen LogP contribution is -2.38. The van der Waals surface area contributed by atoms with Crippen molar-refractivity contribution in [1.82, 2.24) is 10.2 Å². The van der Waals surface area contributed by atoms with E-state index >= 15 is 0 Å². The highest BCUT2D eigenvalue weighted by Gasteiger charge is 2.42. The predicted octanol–water partition coefficient (Wildman–Crippen LogP) is 3.33. The van der Waals surface area contributed by atoms with Crippen LogP contribution in [-0.4, -0.2) is 23.4 Å². The van der Waals surface area contributed by atoms with Crippen molar-refractivity contribution in [3.05, 3.63) is 35.6 Å². The molecule has 1 aromatic rings. The Bertz CT molecular complexity index is 522. The molecule has 2 rings (SSSR count). The highest BCUT2D eigenvalue weighted by atomic mass is 19.1. The number of carbonyl (C=O) groups excluding carboxylic acids is 1. The molecule has 1 fully saturated rings. The topological polar surface area (TPSA) is 32.3 Å². The number of nitrogens with one attached hydrogen (secondary N) is 1. The molecule has 0 aromatic heterocycles. The van der Waals surface area contributed by atoms with Crippen molar-refractivity contribution in [3.63, 3.8) is 0 Å². The SMILES string of the molecule is CC(C)C1NC(c2cccc(F)c2)N(CC(C)(C)C)C1=O. The van der Waals surface area contributed by atoms with Crippen LogP contribution in [0.4, 0.5) is 4.39 Å². The normalized spacial score (nSPS) is 23.2. The predicted molar refractivity (Wildman–Crippen MR) is 82.1 cm³/mol. The molecule has 0 spiro atoms. The maximum Gasteiger partial charge on any atom is 0.241 e. The number of hydrogen-bond acceptors (Lipinski definition) is 2. The minimum Gasteiger partial charge on any atom is -0.321 e. The Morgan fingerprint density at radius 3 is 2.52 bits per heavy atom. The van der Waals surface area contributed by atoms with Gasteiger partial charge < -0.3 is 4.90 Å². The van der Waals surface area contributed by atoms with Crippen LogP contribution >= 0.6 is 0 Å². The molecule has 3 nitrogen and oxygen atoms in total. The van der Waals surface area contributed by atoms with E-state index in [1.54, 1.807) is 6.07 Å². The zero-order chi connectivity index (χ0) is 15.8. The first kappa shape index (κ1) is 16.0. The lowest BCUT2D eigenvalue weighted by molar-refractivity contribution is -0.132. The maximum absolute atomic E-state index is 13.5. The molecule has 1 aromatic carbocycles. The van der Waals surface area contributed by atoms with Crippen LogP contribution in [0.3, 0.4) is 0 Å². The first-order valence-electron chi connectivity index (χ1n) is 7.51. The standard InChI is InChI=1S/C17H25FN2O/c1-11(2)14-16(21)20(10-17(3,4)5)15(19-14)12-7-6-8-13(18)9-12/h6-9,11,14-15,19H,10H2,1-5H3. The molecular weight excluding hydrogens is 267 g/mol. The fourth-order valence-corrected chi connectivity index (χ4v) is 2.75. The molecule has 2 atom stereocenters. The highest BCUT2D eigenvalue weighted by molar-refractivity contribution is 5.85. The van der Waals surface area contributed by atoms with Crippen LogP contribution in [0.5, 0.6) is 0 Å². The zero-order valence-corrected chi connectivity index (χ0v) is 13.5. The van der Waals surface area contributed by atoms with Crippen molar-refractivity contribution >= 4 is 5.91 Å². The van der Waals surface area contributed by atoms with Crippen molar-refractivity contribution in [3.8, 4) is 0 Å². The third-order valence-electron chi connectivity index (χ3n) is 3.67. The number of rotatable bonds is 3. The molecule has 2 unspecified atom stereocenters. The molecule has 1 saturated heterocycles. The molecule has 1 heterocycles. The molecule has 21 heavy (non-hydrogen) atoms. The van der Waals surface area contributed by atoms with Crippen LogP contribution in [0.1, 0.15) is 46.3 Å². The summed E-state index contributed by atoms with van der Waals surface area (Å²) in [6.45, 7) is 11.0. The quantitative estimate of drug-likeness (QED) is 0.927. The molecular formula is C17H25FN2O.